The van der Waals surface area contributed by atoms with Crippen molar-refractivity contribution >= 4 is 0 Å². The molecular formula is C37H52N2O6. The molecule has 8 heteroatoms. The van der Waals surface area contributed by atoms with Gasteiger partial charge < -0.3 is 30.3 Å². The van der Waals surface area contributed by atoms with Crippen molar-refractivity contribution in [3.8, 4) is 28.7 Å². The Kier molecular flexibility index (Phi) is 7.73. The summed E-state index contributed by atoms with van der Waals surface area (Å²) < 4.78 is 6.72. The van der Waals surface area contributed by atoms with Crippen molar-refractivity contribution < 1.29 is 30.3 Å². The van der Waals surface area contributed by atoms with Gasteiger partial charge in [-0.15, -0.1) is 0 Å². The molecule has 3 aliphatic heterocycles. The molecule has 0 radical (unpaired) electrons. The minimum atomic E-state index is -0.998. The first-order valence-electron chi connectivity index (χ1n) is 17.3. The van der Waals surface area contributed by atoms with Crippen LogP contribution in [-0.4, -0.2) is 68.6 Å². The number of fused-ring (bicyclic) bond motifs is 3. The number of hydrogen-bond donors (Lipinski definition) is 5. The van der Waals surface area contributed by atoms with Gasteiger partial charge in [-0.3, -0.25) is 9.80 Å². The monoisotopic (exact) mass is 620 g/mol. The van der Waals surface area contributed by atoms with Crippen LogP contribution in [0.2, 0.25) is 0 Å². The Hall–Kier alpha value is -2.68. The molecule has 45 heavy (non-hydrogen) atoms. The molecule has 4 fully saturated rings. The average Bonchev–Trinajstić information content (AvgIpc) is 3.57. The van der Waals surface area contributed by atoms with E-state index >= 15 is 0 Å². The molecule has 8 nitrogen and oxygen atoms in total. The van der Waals surface area contributed by atoms with Gasteiger partial charge in [0, 0.05) is 37.2 Å². The van der Waals surface area contributed by atoms with Crippen molar-refractivity contribution in [2.45, 2.75) is 84.1 Å². The number of aliphatic hydroxyl groups is 1. The van der Waals surface area contributed by atoms with Gasteiger partial charge in [0.2, 0.25) is 0 Å². The van der Waals surface area contributed by atoms with Crippen LogP contribution in [0.1, 0.15) is 93.8 Å². The fourth-order valence-electron chi connectivity index (χ4n) is 11.0. The van der Waals surface area contributed by atoms with E-state index in [9.17, 15) is 25.5 Å². The van der Waals surface area contributed by atoms with Crippen LogP contribution in [0.25, 0.3) is 0 Å². The van der Waals surface area contributed by atoms with Crippen LogP contribution in [0, 0.1) is 47.3 Å². The van der Waals surface area contributed by atoms with Crippen LogP contribution in [0.5, 0.6) is 28.7 Å². The summed E-state index contributed by atoms with van der Waals surface area (Å²) in [5.74, 6) is 3.84. The van der Waals surface area contributed by atoms with E-state index in [4.69, 9.17) is 4.74 Å². The van der Waals surface area contributed by atoms with Crippen LogP contribution < -0.4 is 4.74 Å². The SMILES string of the molecule is CC1CN(C)C(c2c(O)c3c(c(C4C5C(C)CCC5C(C)CN4C)c2O)O[C@H](c2ccc(O)c(O)c2)[C@@H](O)C3)C2C(C)CCC12. The van der Waals surface area contributed by atoms with Crippen LogP contribution in [0.4, 0.5) is 0 Å². The van der Waals surface area contributed by atoms with E-state index in [0.29, 0.717) is 69.8 Å². The Bertz CT molecular complexity index is 1460. The lowest BCUT2D eigenvalue weighted by atomic mass is 9.68. The van der Waals surface area contributed by atoms with Gasteiger partial charge in [-0.1, -0.05) is 46.6 Å². The van der Waals surface area contributed by atoms with E-state index in [1.54, 1.807) is 6.07 Å². The maximum absolute atomic E-state index is 12.7. The molecule has 3 heterocycles. The number of aliphatic hydroxyl groups excluding tert-OH is 1. The first-order valence-corrected chi connectivity index (χ1v) is 17.3. The number of phenols is 4. The molecule has 2 saturated carbocycles. The molecule has 2 aromatic carbocycles. The molecule has 246 valence electrons. The lowest BCUT2D eigenvalue weighted by Crippen LogP contribution is -2.47. The highest BCUT2D eigenvalue weighted by atomic mass is 16.5. The standard InChI is InChI=1S/C37H52N2O6/c1-17-7-10-22-19(3)15-38(5)32(28(17)22)30-34(43)24-14-27(42)36(21-9-12-25(40)26(41)13-21)45-37(24)31(35(30)44)33-29-18(2)8-11-23(29)20(4)16-39(33)6/h9,12-13,17-20,22-23,27-29,32-33,36,40-44H,7-8,10-11,14-16H2,1-6H3/t17?,18?,19?,20?,22?,23?,27-,28?,29?,32?,33?,36+/m0/s1. The largest absolute Gasteiger partial charge is 0.507 e. The Morgan fingerprint density at radius 3 is 1.80 bits per heavy atom. The topological polar surface area (TPSA) is 117 Å². The highest BCUT2D eigenvalue weighted by molar-refractivity contribution is 5.65. The van der Waals surface area contributed by atoms with Gasteiger partial charge in [0.15, 0.2) is 11.5 Å². The molecular weight excluding hydrogens is 568 g/mol. The Labute approximate surface area is 267 Å². The first-order chi connectivity index (χ1) is 21.4. The molecule has 0 amide bonds. The number of likely N-dealkylation sites (tertiary alicyclic amines) is 2. The van der Waals surface area contributed by atoms with Gasteiger partial charge in [-0.2, -0.15) is 0 Å². The molecule has 5 N–H and O–H groups in total. The van der Waals surface area contributed by atoms with Crippen LogP contribution in [-0.2, 0) is 6.42 Å². The summed E-state index contributed by atoms with van der Waals surface area (Å²) in [6.07, 6.45) is 2.96. The van der Waals surface area contributed by atoms with Crippen molar-refractivity contribution in [2.24, 2.45) is 47.3 Å². The van der Waals surface area contributed by atoms with Gasteiger partial charge in [-0.25, -0.2) is 0 Å². The zero-order valence-corrected chi connectivity index (χ0v) is 27.6. The molecule has 12 atom stereocenters. The second-order valence-corrected chi connectivity index (χ2v) is 15.7. The number of hydrogen-bond acceptors (Lipinski definition) is 8. The fourth-order valence-corrected chi connectivity index (χ4v) is 11.0. The predicted molar refractivity (Wildman–Crippen MR) is 172 cm³/mol. The molecule has 2 aliphatic carbocycles. The molecule has 0 spiro atoms. The first kappa shape index (κ1) is 30.9. The molecule has 5 aliphatic rings. The Morgan fingerprint density at radius 1 is 0.689 bits per heavy atom. The number of benzene rings is 2. The second kappa shape index (κ2) is 11.2. The van der Waals surface area contributed by atoms with Gasteiger partial charge in [-0.05, 0) is 92.0 Å². The summed E-state index contributed by atoms with van der Waals surface area (Å²) in [4.78, 5) is 4.72. The number of nitrogens with zero attached hydrogens (tertiary/aromatic N) is 2. The smallest absolute Gasteiger partial charge is 0.157 e. The second-order valence-electron chi connectivity index (χ2n) is 15.7. The molecule has 7 rings (SSSR count). The fraction of sp³-hybridized carbons (Fsp3) is 0.676. The third-order valence-corrected chi connectivity index (χ3v) is 13.0. The molecule has 0 aromatic heterocycles. The lowest BCUT2D eigenvalue weighted by molar-refractivity contribution is 0.00396. The van der Waals surface area contributed by atoms with Crippen molar-refractivity contribution in [3.05, 3.63) is 40.5 Å². The maximum atomic E-state index is 12.7. The van der Waals surface area contributed by atoms with E-state index in [1.807, 2.05) is 0 Å². The maximum Gasteiger partial charge on any atom is 0.157 e. The highest BCUT2D eigenvalue weighted by Gasteiger charge is 2.53. The number of aromatic hydroxyl groups is 4. The van der Waals surface area contributed by atoms with Crippen molar-refractivity contribution in [2.75, 3.05) is 27.2 Å². The number of ether oxygens (including phenoxy) is 1. The van der Waals surface area contributed by atoms with Gasteiger partial charge >= 0.3 is 0 Å². The Balaban J connectivity index is 1.44. The summed E-state index contributed by atoms with van der Waals surface area (Å²) in [6, 6.07) is 4.22. The van der Waals surface area contributed by atoms with Crippen molar-refractivity contribution in [1.29, 1.82) is 0 Å². The van der Waals surface area contributed by atoms with Crippen molar-refractivity contribution in [1.82, 2.24) is 9.80 Å². The van der Waals surface area contributed by atoms with Gasteiger partial charge in [0.05, 0.1) is 17.2 Å². The third kappa shape index (κ3) is 4.72. The van der Waals surface area contributed by atoms with Gasteiger partial charge in [0.25, 0.3) is 0 Å². The summed E-state index contributed by atoms with van der Waals surface area (Å²) in [6.45, 7) is 11.2. The number of rotatable bonds is 3. The molecule has 0 bridgehead atoms. The van der Waals surface area contributed by atoms with E-state index in [-0.39, 0.29) is 41.5 Å². The van der Waals surface area contributed by atoms with Crippen LogP contribution in [0.15, 0.2) is 18.2 Å². The normalized spacial score (nSPS) is 40.1. The summed E-state index contributed by atoms with van der Waals surface area (Å²) in [7, 11) is 4.28. The van der Waals surface area contributed by atoms with Crippen LogP contribution in [0.3, 0.4) is 0 Å². The molecule has 2 saturated heterocycles. The molecule has 10 unspecified atom stereocenters. The highest BCUT2D eigenvalue weighted by Crippen LogP contribution is 2.62. The number of phenolic OH excluding ortho intramolecular Hbond substituents is 4. The van der Waals surface area contributed by atoms with E-state index in [0.717, 1.165) is 31.5 Å². The lowest BCUT2D eigenvalue weighted by Gasteiger charge is -2.49. The minimum absolute atomic E-state index is 0.0457. The van der Waals surface area contributed by atoms with E-state index in [2.05, 4.69) is 51.6 Å². The van der Waals surface area contributed by atoms with Crippen LogP contribution >= 0.6 is 0 Å². The zero-order valence-electron chi connectivity index (χ0n) is 27.6. The predicted octanol–water partition coefficient (Wildman–Crippen LogP) is 6.12. The Morgan fingerprint density at radius 2 is 1.24 bits per heavy atom. The zero-order chi connectivity index (χ0) is 32.1. The summed E-state index contributed by atoms with van der Waals surface area (Å²) in [5, 5.41) is 56.7. The van der Waals surface area contributed by atoms with E-state index in [1.165, 1.54) is 25.0 Å². The quantitative estimate of drug-likeness (QED) is 0.261. The average molecular weight is 621 g/mol. The summed E-state index contributed by atoms with van der Waals surface area (Å²) >= 11 is 0. The minimum Gasteiger partial charge on any atom is -0.507 e. The molecule has 2 aromatic rings. The summed E-state index contributed by atoms with van der Waals surface area (Å²) in [5.41, 5.74) is 2.43. The van der Waals surface area contributed by atoms with Gasteiger partial charge in [0.1, 0.15) is 23.4 Å². The number of piperidine rings is 2. The third-order valence-electron chi connectivity index (χ3n) is 13.0. The van der Waals surface area contributed by atoms with Crippen molar-refractivity contribution in [3.63, 3.8) is 0 Å². The van der Waals surface area contributed by atoms with E-state index < -0.39 is 12.2 Å².